The number of thiol groups is 1. The highest BCUT2D eigenvalue weighted by molar-refractivity contribution is 7.80. The lowest BCUT2D eigenvalue weighted by Gasteiger charge is -2.14. The van der Waals surface area contributed by atoms with Crippen LogP contribution in [0, 0.1) is 11.3 Å². The van der Waals surface area contributed by atoms with Crippen LogP contribution in [0.4, 0.5) is 13.2 Å². The fourth-order valence-electron chi connectivity index (χ4n) is 1.52. The van der Waals surface area contributed by atoms with Crippen molar-refractivity contribution in [3.8, 4) is 6.07 Å². The Morgan fingerprint density at radius 3 is 2.58 bits per heavy atom. The van der Waals surface area contributed by atoms with Gasteiger partial charge in [-0.1, -0.05) is 6.07 Å². The molecule has 1 aromatic rings. The zero-order valence-corrected chi connectivity index (χ0v) is 10.8. The summed E-state index contributed by atoms with van der Waals surface area (Å²) >= 11 is 3.79. The summed E-state index contributed by atoms with van der Waals surface area (Å²) in [6, 6.07) is 3.76. The molecule has 0 heterocycles. The molecule has 0 unspecified atom stereocenters. The van der Waals surface area contributed by atoms with E-state index in [0.717, 1.165) is 6.07 Å². The summed E-state index contributed by atoms with van der Waals surface area (Å²) in [6.45, 7) is 1.74. The Hall–Kier alpha value is -1.68. The molecule has 0 bridgehead atoms. The highest BCUT2D eigenvalue weighted by Gasteiger charge is 2.36. The summed E-state index contributed by atoms with van der Waals surface area (Å²) in [5, 5.41) is 8.69. The van der Waals surface area contributed by atoms with E-state index in [1.165, 1.54) is 12.1 Å². The largest absolute Gasteiger partial charge is 0.466 e. The monoisotopic (exact) mass is 289 g/mol. The normalized spacial score (nSPS) is 10.9. The van der Waals surface area contributed by atoms with Crippen molar-refractivity contribution in [1.82, 2.24) is 0 Å². The van der Waals surface area contributed by atoms with E-state index in [2.05, 4.69) is 17.4 Å². The van der Waals surface area contributed by atoms with Gasteiger partial charge in [0.05, 0.1) is 30.2 Å². The Kier molecular flexibility index (Phi) is 4.84. The molecule has 0 radical (unpaired) electrons. The molecule has 19 heavy (non-hydrogen) atoms. The van der Waals surface area contributed by atoms with Gasteiger partial charge in [0.15, 0.2) is 0 Å². The standard InChI is InChI=1S/C12H10F3NO2S/c1-2-18-9(17)5-7-3-4-8(6-16)10(11(7)19)12(13,14)15/h3-4,19H,2,5H2,1H3. The fourth-order valence-corrected chi connectivity index (χ4v) is 1.93. The van der Waals surface area contributed by atoms with Crippen LogP contribution in [0.3, 0.4) is 0 Å². The predicted molar refractivity (Wildman–Crippen MR) is 63.7 cm³/mol. The SMILES string of the molecule is CCOC(=O)Cc1ccc(C#N)c(C(F)(F)F)c1S. The van der Waals surface area contributed by atoms with Crippen LogP contribution in [0.1, 0.15) is 23.6 Å². The quantitative estimate of drug-likeness (QED) is 0.687. The smallest absolute Gasteiger partial charge is 0.418 e. The van der Waals surface area contributed by atoms with Gasteiger partial charge < -0.3 is 4.74 Å². The number of alkyl halides is 3. The van der Waals surface area contributed by atoms with Crippen LogP contribution in [0.5, 0.6) is 0 Å². The molecule has 0 saturated heterocycles. The molecule has 1 rings (SSSR count). The first-order valence-electron chi connectivity index (χ1n) is 5.29. The van der Waals surface area contributed by atoms with Crippen molar-refractivity contribution < 1.29 is 22.7 Å². The number of nitriles is 1. The number of benzene rings is 1. The van der Waals surface area contributed by atoms with Crippen molar-refractivity contribution in [2.24, 2.45) is 0 Å². The summed E-state index contributed by atoms with van der Waals surface area (Å²) in [4.78, 5) is 10.9. The number of hydrogen-bond donors (Lipinski definition) is 1. The van der Waals surface area contributed by atoms with Crippen molar-refractivity contribution in [3.05, 3.63) is 28.8 Å². The van der Waals surface area contributed by atoms with Crippen LogP contribution in [0.2, 0.25) is 0 Å². The van der Waals surface area contributed by atoms with E-state index in [4.69, 9.17) is 5.26 Å². The summed E-state index contributed by atoms with van der Waals surface area (Å²) < 4.78 is 43.2. The van der Waals surface area contributed by atoms with Crippen molar-refractivity contribution in [2.45, 2.75) is 24.4 Å². The molecule has 0 atom stereocenters. The summed E-state index contributed by atoms with van der Waals surface area (Å²) in [5.41, 5.74) is -1.57. The molecule has 102 valence electrons. The fraction of sp³-hybridized carbons (Fsp3) is 0.333. The van der Waals surface area contributed by atoms with Gasteiger partial charge in [-0.3, -0.25) is 4.79 Å². The van der Waals surface area contributed by atoms with Gasteiger partial charge in [0.25, 0.3) is 0 Å². The minimum Gasteiger partial charge on any atom is -0.466 e. The highest BCUT2D eigenvalue weighted by Crippen LogP contribution is 2.38. The van der Waals surface area contributed by atoms with Crippen molar-refractivity contribution >= 4 is 18.6 Å². The van der Waals surface area contributed by atoms with Gasteiger partial charge in [0.1, 0.15) is 0 Å². The van der Waals surface area contributed by atoms with Crippen molar-refractivity contribution in [1.29, 1.82) is 5.26 Å². The minimum atomic E-state index is -4.70. The van der Waals surface area contributed by atoms with Crippen LogP contribution < -0.4 is 0 Å². The van der Waals surface area contributed by atoms with E-state index in [0.29, 0.717) is 0 Å². The van der Waals surface area contributed by atoms with Crippen molar-refractivity contribution in [2.75, 3.05) is 6.61 Å². The van der Waals surface area contributed by atoms with Gasteiger partial charge in [-0.2, -0.15) is 18.4 Å². The molecule has 0 aliphatic rings. The Balaban J connectivity index is 3.25. The molecule has 0 spiro atoms. The topological polar surface area (TPSA) is 50.1 Å². The lowest BCUT2D eigenvalue weighted by molar-refractivity contribution is -0.143. The summed E-state index contributed by atoms with van der Waals surface area (Å²) in [7, 11) is 0. The third-order valence-electron chi connectivity index (χ3n) is 2.31. The molecule has 3 nitrogen and oxygen atoms in total. The molecular weight excluding hydrogens is 279 g/mol. The number of esters is 1. The molecule has 0 aliphatic carbocycles. The van der Waals surface area contributed by atoms with Gasteiger partial charge in [-0.25, -0.2) is 0 Å². The maximum atomic E-state index is 12.8. The molecule has 0 fully saturated rings. The molecule has 7 heteroatoms. The number of carbonyl (C=O) groups excluding carboxylic acids is 1. The Bertz CT molecular complexity index is 535. The van der Waals surface area contributed by atoms with Crippen molar-refractivity contribution in [3.63, 3.8) is 0 Å². The first kappa shape index (κ1) is 15.4. The number of rotatable bonds is 3. The number of carbonyl (C=O) groups is 1. The maximum Gasteiger partial charge on any atom is 0.418 e. The van der Waals surface area contributed by atoms with Crippen LogP contribution >= 0.6 is 12.6 Å². The van der Waals surface area contributed by atoms with Gasteiger partial charge >= 0.3 is 12.1 Å². The first-order chi connectivity index (χ1) is 8.81. The molecule has 0 aromatic heterocycles. The average Bonchev–Trinajstić information content (AvgIpc) is 2.30. The molecule has 1 aromatic carbocycles. The number of nitrogens with zero attached hydrogens (tertiary/aromatic N) is 1. The lowest BCUT2D eigenvalue weighted by Crippen LogP contribution is -2.13. The van der Waals surface area contributed by atoms with Crippen LogP contribution in [-0.2, 0) is 22.1 Å². The second-order valence-electron chi connectivity index (χ2n) is 3.59. The second kappa shape index (κ2) is 5.97. The molecule has 0 aliphatic heterocycles. The Morgan fingerprint density at radius 2 is 2.11 bits per heavy atom. The van der Waals surface area contributed by atoms with E-state index in [1.807, 2.05) is 0 Å². The molecular formula is C12H10F3NO2S. The predicted octanol–water partition coefficient (Wildman–Crippen LogP) is 2.97. The average molecular weight is 289 g/mol. The maximum absolute atomic E-state index is 12.8. The zero-order chi connectivity index (χ0) is 14.6. The van der Waals surface area contributed by atoms with E-state index in [1.54, 1.807) is 6.92 Å². The number of hydrogen-bond acceptors (Lipinski definition) is 4. The Labute approximate surface area is 113 Å². The molecule has 0 N–H and O–H groups in total. The first-order valence-corrected chi connectivity index (χ1v) is 5.73. The van der Waals surface area contributed by atoms with E-state index >= 15 is 0 Å². The van der Waals surface area contributed by atoms with Gasteiger partial charge in [-0.05, 0) is 18.6 Å². The summed E-state index contributed by atoms with van der Waals surface area (Å²) in [5.74, 6) is -0.643. The van der Waals surface area contributed by atoms with Crippen LogP contribution in [0.25, 0.3) is 0 Å². The Morgan fingerprint density at radius 1 is 1.47 bits per heavy atom. The third-order valence-corrected chi connectivity index (χ3v) is 2.82. The van der Waals surface area contributed by atoms with Crippen LogP contribution in [-0.4, -0.2) is 12.6 Å². The van der Waals surface area contributed by atoms with Crippen LogP contribution in [0.15, 0.2) is 17.0 Å². The van der Waals surface area contributed by atoms with E-state index in [9.17, 15) is 18.0 Å². The third kappa shape index (κ3) is 3.64. The van der Waals surface area contributed by atoms with Gasteiger partial charge in [0, 0.05) is 4.90 Å². The number of ether oxygens (including phenoxy) is 1. The van der Waals surface area contributed by atoms with Gasteiger partial charge in [-0.15, -0.1) is 12.6 Å². The summed E-state index contributed by atoms with van der Waals surface area (Å²) in [6.07, 6.45) is -5.02. The molecule has 0 saturated carbocycles. The number of halogens is 3. The minimum absolute atomic E-state index is 0.0770. The zero-order valence-electron chi connectivity index (χ0n) is 9.91. The van der Waals surface area contributed by atoms with E-state index in [-0.39, 0.29) is 18.6 Å². The van der Waals surface area contributed by atoms with Gasteiger partial charge in [0.2, 0.25) is 0 Å². The van der Waals surface area contributed by atoms with E-state index < -0.39 is 28.2 Å². The highest BCUT2D eigenvalue weighted by atomic mass is 32.1. The molecule has 0 amide bonds. The second-order valence-corrected chi connectivity index (χ2v) is 4.03. The lowest BCUT2D eigenvalue weighted by atomic mass is 10.0.